The molecule has 0 spiro atoms. The average Bonchev–Trinajstić information content (AvgIpc) is 2.21. The molecule has 1 N–H and O–H groups in total. The van der Waals surface area contributed by atoms with Crippen molar-refractivity contribution in [3.63, 3.8) is 0 Å². The van der Waals surface area contributed by atoms with Crippen molar-refractivity contribution in [2.24, 2.45) is 5.92 Å². The third kappa shape index (κ3) is 6.92. The third-order valence-corrected chi connectivity index (χ3v) is 3.85. The number of carboxylic acids is 1. The molecule has 7 heteroatoms. The number of aliphatic carboxylic acids is 1. The van der Waals surface area contributed by atoms with Gasteiger partial charge in [-0.2, -0.15) is 5.26 Å². The molecule has 0 unspecified atom stereocenters. The van der Waals surface area contributed by atoms with E-state index in [0.717, 1.165) is 0 Å². The fourth-order valence-corrected chi connectivity index (χ4v) is 2.86. The van der Waals surface area contributed by atoms with E-state index in [1.807, 2.05) is 19.9 Å². The van der Waals surface area contributed by atoms with Crippen LogP contribution in [0.4, 0.5) is 0 Å². The second kappa shape index (κ2) is 7.25. The van der Waals surface area contributed by atoms with Crippen LogP contribution in [0.2, 0.25) is 0 Å². The third-order valence-electron chi connectivity index (χ3n) is 2.01. The Morgan fingerprint density at radius 3 is 2.47 bits per heavy atom. The van der Waals surface area contributed by atoms with Gasteiger partial charge in [0.2, 0.25) is 10.0 Å². The molecule has 6 nitrogen and oxygen atoms in total. The van der Waals surface area contributed by atoms with Crippen LogP contribution >= 0.6 is 0 Å². The van der Waals surface area contributed by atoms with Gasteiger partial charge in [0.1, 0.15) is 0 Å². The summed E-state index contributed by atoms with van der Waals surface area (Å²) in [4.78, 5) is 10.4. The number of carboxylic acid groups (broad SMARTS) is 1. The molecule has 0 radical (unpaired) electrons. The molecule has 0 bridgehead atoms. The second-order valence-electron chi connectivity index (χ2n) is 4.12. The Balaban J connectivity index is 4.64. The van der Waals surface area contributed by atoms with Gasteiger partial charge in [0.05, 0.1) is 18.2 Å². The Morgan fingerprint density at radius 2 is 2.06 bits per heavy atom. The van der Waals surface area contributed by atoms with E-state index in [9.17, 15) is 13.2 Å². The van der Waals surface area contributed by atoms with Gasteiger partial charge in [-0.3, -0.25) is 4.79 Å². The molecule has 0 fully saturated rings. The number of nitrogens with zero attached hydrogens (tertiary/aromatic N) is 2. The fraction of sp³-hybridized carbons (Fsp3) is 0.800. The van der Waals surface area contributed by atoms with Gasteiger partial charge in [-0.15, -0.1) is 0 Å². The normalized spacial score (nSPS) is 11.7. The van der Waals surface area contributed by atoms with Crippen molar-refractivity contribution < 1.29 is 18.3 Å². The number of rotatable bonds is 8. The van der Waals surface area contributed by atoms with Gasteiger partial charge >= 0.3 is 5.97 Å². The summed E-state index contributed by atoms with van der Waals surface area (Å²) in [6.45, 7) is 4.17. The van der Waals surface area contributed by atoms with Crippen LogP contribution in [0, 0.1) is 17.2 Å². The lowest BCUT2D eigenvalue weighted by atomic mass is 10.2. The van der Waals surface area contributed by atoms with E-state index >= 15 is 0 Å². The predicted molar refractivity (Wildman–Crippen MR) is 62.7 cm³/mol. The highest BCUT2D eigenvalue weighted by atomic mass is 32.2. The smallest absolute Gasteiger partial charge is 0.304 e. The Morgan fingerprint density at radius 1 is 1.47 bits per heavy atom. The summed E-state index contributed by atoms with van der Waals surface area (Å²) in [6, 6.07) is 1.89. The number of nitriles is 1. The molecule has 0 aliphatic rings. The largest absolute Gasteiger partial charge is 0.481 e. The molecule has 98 valence electrons. The second-order valence-corrected chi connectivity index (χ2v) is 6.21. The maximum absolute atomic E-state index is 11.8. The van der Waals surface area contributed by atoms with Gasteiger partial charge in [-0.1, -0.05) is 13.8 Å². The van der Waals surface area contributed by atoms with Crippen LogP contribution in [-0.2, 0) is 14.8 Å². The van der Waals surface area contributed by atoms with Gasteiger partial charge in [0, 0.05) is 19.5 Å². The Hall–Kier alpha value is -1.13. The van der Waals surface area contributed by atoms with Crippen molar-refractivity contribution in [3.8, 4) is 6.07 Å². The maximum atomic E-state index is 11.8. The standard InChI is InChI=1S/C10H18N2O4S/c1-9(2)8-12(6-3-5-11)17(15,16)7-4-10(13)14/h9H,3-4,6-8H2,1-2H3,(H,13,14). The highest BCUT2D eigenvalue weighted by Gasteiger charge is 2.23. The Labute approximate surface area is 102 Å². The quantitative estimate of drug-likeness (QED) is 0.693. The fourth-order valence-electron chi connectivity index (χ4n) is 1.27. The SMILES string of the molecule is CC(C)CN(CCC#N)S(=O)(=O)CCC(=O)O. The minimum absolute atomic E-state index is 0.110. The summed E-state index contributed by atoms with van der Waals surface area (Å²) in [5.74, 6) is -1.42. The lowest BCUT2D eigenvalue weighted by Gasteiger charge is -2.22. The number of sulfonamides is 1. The monoisotopic (exact) mass is 262 g/mol. The van der Waals surface area contributed by atoms with Crippen molar-refractivity contribution in [1.82, 2.24) is 4.31 Å². The molecule has 0 aromatic carbocycles. The van der Waals surface area contributed by atoms with Crippen molar-refractivity contribution in [2.45, 2.75) is 26.7 Å². The first-order valence-corrected chi connectivity index (χ1v) is 6.97. The topological polar surface area (TPSA) is 98.5 Å². The molecule has 0 rings (SSSR count). The minimum Gasteiger partial charge on any atom is -0.481 e. The van der Waals surface area contributed by atoms with Gasteiger partial charge in [-0.05, 0) is 5.92 Å². The number of hydrogen-bond acceptors (Lipinski definition) is 4. The Kier molecular flexibility index (Phi) is 6.76. The van der Waals surface area contributed by atoms with Gasteiger partial charge < -0.3 is 5.11 Å². The van der Waals surface area contributed by atoms with Crippen LogP contribution in [0.5, 0.6) is 0 Å². The van der Waals surface area contributed by atoms with Gasteiger partial charge in [0.15, 0.2) is 0 Å². The van der Waals surface area contributed by atoms with Crippen LogP contribution in [0.1, 0.15) is 26.7 Å². The lowest BCUT2D eigenvalue weighted by Crippen LogP contribution is -2.37. The van der Waals surface area contributed by atoms with E-state index in [2.05, 4.69) is 0 Å². The summed E-state index contributed by atoms with van der Waals surface area (Å²) in [5, 5.41) is 16.9. The molecular formula is C10H18N2O4S. The zero-order valence-corrected chi connectivity index (χ0v) is 10.9. The molecule has 0 amide bonds. The first kappa shape index (κ1) is 15.9. The highest BCUT2D eigenvalue weighted by Crippen LogP contribution is 2.08. The molecule has 0 aromatic heterocycles. The van der Waals surface area contributed by atoms with Crippen LogP contribution in [-0.4, -0.2) is 42.6 Å². The van der Waals surface area contributed by atoms with E-state index in [1.54, 1.807) is 0 Å². The molecule has 0 heterocycles. The first-order valence-electron chi connectivity index (χ1n) is 5.36. The van der Waals surface area contributed by atoms with Crippen LogP contribution in [0.3, 0.4) is 0 Å². The average molecular weight is 262 g/mol. The highest BCUT2D eigenvalue weighted by molar-refractivity contribution is 7.89. The summed E-state index contributed by atoms with van der Waals surface area (Å²) in [7, 11) is -3.58. The summed E-state index contributed by atoms with van der Waals surface area (Å²) in [6.07, 6.45) is -0.303. The zero-order valence-electron chi connectivity index (χ0n) is 10.1. The van der Waals surface area contributed by atoms with Crippen molar-refractivity contribution in [1.29, 1.82) is 5.26 Å². The maximum Gasteiger partial charge on any atom is 0.304 e. The summed E-state index contributed by atoms with van der Waals surface area (Å²) in [5.41, 5.74) is 0. The molecule has 17 heavy (non-hydrogen) atoms. The number of carbonyl (C=O) groups is 1. The Bertz CT molecular complexity index is 384. The van der Waals surface area contributed by atoms with Crippen LogP contribution in [0.15, 0.2) is 0 Å². The van der Waals surface area contributed by atoms with Crippen LogP contribution < -0.4 is 0 Å². The first-order chi connectivity index (χ1) is 7.79. The molecule has 0 aliphatic carbocycles. The van der Waals surface area contributed by atoms with Crippen molar-refractivity contribution in [3.05, 3.63) is 0 Å². The molecule has 0 aromatic rings. The van der Waals surface area contributed by atoms with E-state index in [0.29, 0.717) is 6.54 Å². The van der Waals surface area contributed by atoms with E-state index in [-0.39, 0.29) is 18.9 Å². The molecule has 0 saturated heterocycles. The summed E-state index contributed by atoms with van der Waals surface area (Å²) >= 11 is 0. The molecular weight excluding hydrogens is 244 g/mol. The zero-order chi connectivity index (χ0) is 13.5. The molecule has 0 atom stereocenters. The molecule has 0 saturated carbocycles. The van der Waals surface area contributed by atoms with Crippen LogP contribution in [0.25, 0.3) is 0 Å². The molecule has 0 aliphatic heterocycles. The lowest BCUT2D eigenvalue weighted by molar-refractivity contribution is -0.136. The minimum atomic E-state index is -3.58. The van der Waals surface area contributed by atoms with Gasteiger partial charge in [-0.25, -0.2) is 12.7 Å². The van der Waals surface area contributed by atoms with Crippen molar-refractivity contribution in [2.75, 3.05) is 18.8 Å². The van der Waals surface area contributed by atoms with Gasteiger partial charge in [0.25, 0.3) is 0 Å². The summed E-state index contributed by atoms with van der Waals surface area (Å²) < 4.78 is 24.9. The number of hydrogen-bond donors (Lipinski definition) is 1. The van der Waals surface area contributed by atoms with E-state index in [4.69, 9.17) is 10.4 Å². The van der Waals surface area contributed by atoms with E-state index < -0.39 is 28.2 Å². The van der Waals surface area contributed by atoms with Crippen molar-refractivity contribution >= 4 is 16.0 Å². The van der Waals surface area contributed by atoms with E-state index in [1.165, 1.54) is 4.31 Å². The predicted octanol–water partition coefficient (Wildman–Crippen LogP) is 0.663.